The molecule has 3 nitrogen and oxygen atoms in total. The van der Waals surface area contributed by atoms with Crippen LogP contribution in [0.25, 0.3) is 12.2 Å². The third kappa shape index (κ3) is 4.90. The molecule has 0 aliphatic carbocycles. The lowest BCUT2D eigenvalue weighted by molar-refractivity contribution is 0.304. The molecule has 0 aliphatic heterocycles. The van der Waals surface area contributed by atoms with Gasteiger partial charge >= 0.3 is 0 Å². The van der Waals surface area contributed by atoms with Crippen molar-refractivity contribution in [3.63, 3.8) is 0 Å². The molecule has 0 radical (unpaired) electrons. The van der Waals surface area contributed by atoms with Gasteiger partial charge in [0.1, 0.15) is 23.9 Å². The van der Waals surface area contributed by atoms with Crippen LogP contribution >= 0.6 is 0 Å². The van der Waals surface area contributed by atoms with Gasteiger partial charge in [-0.3, -0.25) is 0 Å². The van der Waals surface area contributed by atoms with Gasteiger partial charge in [-0.25, -0.2) is 0 Å². The highest BCUT2D eigenvalue weighted by atomic mass is 16.5. The molecule has 3 heteroatoms. The van der Waals surface area contributed by atoms with Gasteiger partial charge in [-0.15, -0.1) is 0 Å². The quantitative estimate of drug-likeness (QED) is 0.532. The standard InChI is InChI=1S/C23H22O3/c1-24-22-14-20(15-23(16-22)25-2)17-26-21-12-10-19(11-13-21)9-8-18-6-4-3-5-7-18/h3-16H,17H2,1-2H3. The Balaban J connectivity index is 1.62. The summed E-state index contributed by atoms with van der Waals surface area (Å²) in [5.41, 5.74) is 3.30. The van der Waals surface area contributed by atoms with E-state index in [2.05, 4.69) is 24.3 Å². The molecule has 0 saturated heterocycles. The van der Waals surface area contributed by atoms with E-state index in [4.69, 9.17) is 14.2 Å². The van der Waals surface area contributed by atoms with Crippen molar-refractivity contribution < 1.29 is 14.2 Å². The van der Waals surface area contributed by atoms with Crippen LogP contribution in [0.2, 0.25) is 0 Å². The zero-order chi connectivity index (χ0) is 18.2. The molecule has 3 aromatic carbocycles. The van der Waals surface area contributed by atoms with E-state index < -0.39 is 0 Å². The van der Waals surface area contributed by atoms with E-state index >= 15 is 0 Å². The number of hydrogen-bond donors (Lipinski definition) is 0. The normalized spacial score (nSPS) is 10.7. The lowest BCUT2D eigenvalue weighted by Gasteiger charge is -2.10. The first kappa shape index (κ1) is 17.6. The fourth-order valence-corrected chi connectivity index (χ4v) is 2.55. The average molecular weight is 346 g/mol. The predicted octanol–water partition coefficient (Wildman–Crippen LogP) is 5.45. The molecule has 132 valence electrons. The number of ether oxygens (including phenoxy) is 3. The molecule has 0 atom stereocenters. The number of rotatable bonds is 7. The summed E-state index contributed by atoms with van der Waals surface area (Å²) in [4.78, 5) is 0. The maximum absolute atomic E-state index is 5.87. The van der Waals surface area contributed by atoms with Gasteiger partial charge in [-0.2, -0.15) is 0 Å². The summed E-state index contributed by atoms with van der Waals surface area (Å²) in [7, 11) is 3.28. The van der Waals surface area contributed by atoms with Crippen LogP contribution in [0.15, 0.2) is 72.8 Å². The van der Waals surface area contributed by atoms with Crippen molar-refractivity contribution in [3.05, 3.63) is 89.5 Å². The molecule has 0 amide bonds. The molecule has 0 saturated carbocycles. The van der Waals surface area contributed by atoms with Crippen LogP contribution in [-0.2, 0) is 6.61 Å². The van der Waals surface area contributed by atoms with Crippen LogP contribution in [0.5, 0.6) is 17.2 Å². The van der Waals surface area contributed by atoms with Crippen LogP contribution in [-0.4, -0.2) is 14.2 Å². The average Bonchev–Trinajstić information content (AvgIpc) is 2.72. The Morgan fingerprint density at radius 2 is 1.23 bits per heavy atom. The van der Waals surface area contributed by atoms with Crippen molar-refractivity contribution in [1.29, 1.82) is 0 Å². The van der Waals surface area contributed by atoms with Crippen LogP contribution in [0, 0.1) is 0 Å². The SMILES string of the molecule is COc1cc(COc2ccc(C=Cc3ccccc3)cc2)cc(OC)c1. The summed E-state index contributed by atoms with van der Waals surface area (Å²) in [5.74, 6) is 2.33. The van der Waals surface area contributed by atoms with Crippen LogP contribution < -0.4 is 14.2 Å². The van der Waals surface area contributed by atoms with Crippen molar-refractivity contribution in [2.75, 3.05) is 14.2 Å². The molecule has 3 rings (SSSR count). The van der Waals surface area contributed by atoms with Gasteiger partial charge in [0.2, 0.25) is 0 Å². The Hall–Kier alpha value is -3.20. The minimum Gasteiger partial charge on any atom is -0.497 e. The molecule has 0 aliphatic rings. The van der Waals surface area contributed by atoms with E-state index in [0.717, 1.165) is 28.4 Å². The van der Waals surface area contributed by atoms with Gasteiger partial charge in [0.15, 0.2) is 0 Å². The Bertz CT molecular complexity index is 830. The Kier molecular flexibility index (Phi) is 5.94. The Morgan fingerprint density at radius 1 is 0.654 bits per heavy atom. The molecule has 26 heavy (non-hydrogen) atoms. The summed E-state index contributed by atoms with van der Waals surface area (Å²) in [5, 5.41) is 0. The van der Waals surface area contributed by atoms with Gasteiger partial charge < -0.3 is 14.2 Å². The fraction of sp³-hybridized carbons (Fsp3) is 0.130. The zero-order valence-electron chi connectivity index (χ0n) is 15.0. The smallest absolute Gasteiger partial charge is 0.122 e. The van der Waals surface area contributed by atoms with Crippen molar-refractivity contribution in [2.24, 2.45) is 0 Å². The Morgan fingerprint density at radius 3 is 1.81 bits per heavy atom. The minimum atomic E-state index is 0.451. The third-order valence-electron chi connectivity index (χ3n) is 3.96. The fourth-order valence-electron chi connectivity index (χ4n) is 2.55. The van der Waals surface area contributed by atoms with Crippen molar-refractivity contribution in [1.82, 2.24) is 0 Å². The van der Waals surface area contributed by atoms with E-state index in [0.29, 0.717) is 6.61 Å². The molecule has 0 N–H and O–H groups in total. The maximum Gasteiger partial charge on any atom is 0.122 e. The number of methoxy groups -OCH3 is 2. The largest absolute Gasteiger partial charge is 0.497 e. The van der Waals surface area contributed by atoms with Crippen molar-refractivity contribution in [3.8, 4) is 17.2 Å². The molecule has 0 bridgehead atoms. The Labute approximate surface area is 154 Å². The summed E-state index contributed by atoms with van der Waals surface area (Å²) >= 11 is 0. The molecule has 0 fully saturated rings. The first-order chi connectivity index (χ1) is 12.8. The van der Waals surface area contributed by atoms with E-state index in [-0.39, 0.29) is 0 Å². The second kappa shape index (κ2) is 8.77. The molecule has 3 aromatic rings. The zero-order valence-corrected chi connectivity index (χ0v) is 15.0. The predicted molar refractivity (Wildman–Crippen MR) is 106 cm³/mol. The molecule has 0 heterocycles. The first-order valence-corrected chi connectivity index (χ1v) is 8.45. The summed E-state index contributed by atoms with van der Waals surface area (Å²) in [6, 6.07) is 24.0. The first-order valence-electron chi connectivity index (χ1n) is 8.45. The topological polar surface area (TPSA) is 27.7 Å². The van der Waals surface area contributed by atoms with E-state index in [1.807, 2.05) is 60.7 Å². The van der Waals surface area contributed by atoms with E-state index in [1.54, 1.807) is 14.2 Å². The third-order valence-corrected chi connectivity index (χ3v) is 3.96. The van der Waals surface area contributed by atoms with Gasteiger partial charge in [0.05, 0.1) is 14.2 Å². The number of hydrogen-bond acceptors (Lipinski definition) is 3. The highest BCUT2D eigenvalue weighted by Gasteiger charge is 2.03. The highest BCUT2D eigenvalue weighted by molar-refractivity contribution is 5.69. The minimum absolute atomic E-state index is 0.451. The second-order valence-electron chi connectivity index (χ2n) is 5.82. The van der Waals surface area contributed by atoms with Crippen molar-refractivity contribution >= 4 is 12.2 Å². The van der Waals surface area contributed by atoms with Gasteiger partial charge in [-0.05, 0) is 41.0 Å². The molecule has 0 spiro atoms. The number of benzene rings is 3. The second-order valence-corrected chi connectivity index (χ2v) is 5.82. The van der Waals surface area contributed by atoms with Gasteiger partial charge in [-0.1, -0.05) is 54.6 Å². The van der Waals surface area contributed by atoms with E-state index in [1.165, 1.54) is 5.56 Å². The summed E-state index contributed by atoms with van der Waals surface area (Å²) in [6.45, 7) is 0.451. The van der Waals surface area contributed by atoms with Gasteiger partial charge in [0.25, 0.3) is 0 Å². The summed E-state index contributed by atoms with van der Waals surface area (Å²) < 4.78 is 16.4. The maximum atomic E-state index is 5.87. The molecular weight excluding hydrogens is 324 g/mol. The summed E-state index contributed by atoms with van der Waals surface area (Å²) in [6.07, 6.45) is 4.18. The van der Waals surface area contributed by atoms with Crippen LogP contribution in [0.3, 0.4) is 0 Å². The molecular formula is C23H22O3. The molecule has 0 unspecified atom stereocenters. The van der Waals surface area contributed by atoms with E-state index in [9.17, 15) is 0 Å². The monoisotopic (exact) mass is 346 g/mol. The highest BCUT2D eigenvalue weighted by Crippen LogP contribution is 2.24. The van der Waals surface area contributed by atoms with Crippen molar-refractivity contribution in [2.45, 2.75) is 6.61 Å². The van der Waals surface area contributed by atoms with Crippen LogP contribution in [0.4, 0.5) is 0 Å². The molecule has 0 aromatic heterocycles. The van der Waals surface area contributed by atoms with Gasteiger partial charge in [0, 0.05) is 6.07 Å². The lowest BCUT2D eigenvalue weighted by Crippen LogP contribution is -1.97. The van der Waals surface area contributed by atoms with Crippen LogP contribution in [0.1, 0.15) is 16.7 Å². The lowest BCUT2D eigenvalue weighted by atomic mass is 10.1.